The summed E-state index contributed by atoms with van der Waals surface area (Å²) in [5.41, 5.74) is 1.03. The lowest BCUT2D eigenvalue weighted by Gasteiger charge is -2.36. The number of aromatic nitrogens is 2. The number of hydrogen-bond acceptors (Lipinski definition) is 6. The van der Waals surface area contributed by atoms with Gasteiger partial charge in [0.2, 0.25) is 0 Å². The number of hydrogen-bond donors (Lipinski definition) is 1. The second kappa shape index (κ2) is 7.38. The summed E-state index contributed by atoms with van der Waals surface area (Å²) >= 11 is 1.62. The summed E-state index contributed by atoms with van der Waals surface area (Å²) in [7, 11) is 0. The van der Waals surface area contributed by atoms with Crippen LogP contribution in [0.5, 0.6) is 0 Å². The largest absolute Gasteiger partial charge is 0.386 e. The number of thiophene rings is 1. The highest BCUT2D eigenvalue weighted by Gasteiger charge is 2.21. The van der Waals surface area contributed by atoms with Crippen molar-refractivity contribution in [3.63, 3.8) is 0 Å². The predicted molar refractivity (Wildman–Crippen MR) is 94.1 cm³/mol. The maximum atomic E-state index is 10.3. The maximum absolute atomic E-state index is 10.3. The molecule has 0 amide bonds. The number of anilines is 1. The van der Waals surface area contributed by atoms with Crippen molar-refractivity contribution in [1.82, 2.24) is 14.9 Å². The van der Waals surface area contributed by atoms with Crippen LogP contribution in [0.4, 0.5) is 5.82 Å². The molecule has 0 radical (unpaired) electrons. The average molecular weight is 332 g/mol. The normalized spacial score (nSPS) is 17.4. The van der Waals surface area contributed by atoms with Crippen molar-refractivity contribution in [3.8, 4) is 0 Å². The summed E-state index contributed by atoms with van der Waals surface area (Å²) < 4.78 is 0. The first-order valence-electron chi connectivity index (χ1n) is 8.19. The standard InChI is InChI=1S/C17H24N4OS/c1-3-16-18-13(2)11-17(19-16)21-8-6-20(7-9-21)12-14(22)15-5-4-10-23-15/h4-5,10-11,14,22H,3,6-9,12H2,1-2H3/t14-/m0/s1. The Morgan fingerprint density at radius 3 is 2.70 bits per heavy atom. The maximum Gasteiger partial charge on any atom is 0.132 e. The third kappa shape index (κ3) is 4.07. The highest BCUT2D eigenvalue weighted by atomic mass is 32.1. The molecule has 2 aromatic rings. The third-order valence-corrected chi connectivity index (χ3v) is 5.18. The highest BCUT2D eigenvalue weighted by molar-refractivity contribution is 7.10. The Hall–Kier alpha value is -1.50. The molecule has 23 heavy (non-hydrogen) atoms. The van der Waals surface area contributed by atoms with E-state index in [2.05, 4.69) is 32.8 Å². The minimum atomic E-state index is -0.380. The first kappa shape index (κ1) is 16.4. The summed E-state index contributed by atoms with van der Waals surface area (Å²) in [6, 6.07) is 6.06. The zero-order chi connectivity index (χ0) is 16.2. The van der Waals surface area contributed by atoms with Crippen LogP contribution in [0, 0.1) is 6.92 Å². The SMILES string of the molecule is CCc1nc(C)cc(N2CCN(C[C@H](O)c3cccs3)CC2)n1. The van der Waals surface area contributed by atoms with Gasteiger partial charge < -0.3 is 10.0 Å². The van der Waals surface area contributed by atoms with Gasteiger partial charge in [-0.15, -0.1) is 11.3 Å². The summed E-state index contributed by atoms with van der Waals surface area (Å²) in [5, 5.41) is 12.3. The van der Waals surface area contributed by atoms with Gasteiger partial charge in [-0.2, -0.15) is 0 Å². The van der Waals surface area contributed by atoms with Gasteiger partial charge in [-0.05, 0) is 18.4 Å². The smallest absolute Gasteiger partial charge is 0.132 e. The van der Waals surface area contributed by atoms with Crippen molar-refractivity contribution in [2.45, 2.75) is 26.4 Å². The highest BCUT2D eigenvalue weighted by Crippen LogP contribution is 2.21. The number of β-amino-alcohol motifs (C(OH)–C–C–N with tert-alkyl or cyclic N) is 1. The van der Waals surface area contributed by atoms with E-state index in [-0.39, 0.29) is 6.10 Å². The van der Waals surface area contributed by atoms with Gasteiger partial charge >= 0.3 is 0 Å². The lowest BCUT2D eigenvalue weighted by molar-refractivity contribution is 0.112. The molecule has 0 aromatic carbocycles. The molecule has 3 rings (SSSR count). The van der Waals surface area contributed by atoms with Crippen LogP contribution in [0.15, 0.2) is 23.6 Å². The van der Waals surface area contributed by atoms with E-state index in [0.717, 1.165) is 54.8 Å². The molecule has 0 unspecified atom stereocenters. The fraction of sp³-hybridized carbons (Fsp3) is 0.529. The van der Waals surface area contributed by atoms with E-state index in [1.165, 1.54) is 0 Å². The molecule has 3 heterocycles. The van der Waals surface area contributed by atoms with Gasteiger partial charge in [0.1, 0.15) is 17.7 Å². The van der Waals surface area contributed by atoms with Crippen LogP contribution in [-0.4, -0.2) is 52.7 Å². The van der Waals surface area contributed by atoms with Gasteiger partial charge in [-0.25, -0.2) is 9.97 Å². The molecule has 1 aliphatic heterocycles. The molecule has 1 atom stereocenters. The molecule has 0 aliphatic carbocycles. The molecule has 6 heteroatoms. The van der Waals surface area contributed by atoms with Crippen LogP contribution < -0.4 is 4.90 Å². The summed E-state index contributed by atoms with van der Waals surface area (Å²) in [4.78, 5) is 14.8. The van der Waals surface area contributed by atoms with E-state index < -0.39 is 0 Å². The molecule has 0 bridgehead atoms. The summed E-state index contributed by atoms with van der Waals surface area (Å²) in [6.45, 7) is 8.60. The van der Waals surface area contributed by atoms with E-state index in [9.17, 15) is 5.11 Å². The van der Waals surface area contributed by atoms with Crippen LogP contribution in [0.3, 0.4) is 0 Å². The molecule has 1 aliphatic rings. The number of piperazine rings is 1. The Kier molecular flexibility index (Phi) is 5.25. The zero-order valence-corrected chi connectivity index (χ0v) is 14.6. The van der Waals surface area contributed by atoms with Crippen LogP contribution >= 0.6 is 11.3 Å². The van der Waals surface area contributed by atoms with Gasteiger partial charge in [-0.1, -0.05) is 13.0 Å². The fourth-order valence-electron chi connectivity index (χ4n) is 2.91. The molecule has 124 valence electrons. The van der Waals surface area contributed by atoms with Crippen molar-refractivity contribution in [2.75, 3.05) is 37.6 Å². The summed E-state index contributed by atoms with van der Waals surface area (Å²) in [6.07, 6.45) is 0.483. The van der Waals surface area contributed by atoms with Crippen LogP contribution in [-0.2, 0) is 6.42 Å². The van der Waals surface area contributed by atoms with Gasteiger partial charge in [0.05, 0.1) is 0 Å². The van der Waals surface area contributed by atoms with Crippen molar-refractivity contribution in [1.29, 1.82) is 0 Å². The Morgan fingerprint density at radius 2 is 2.04 bits per heavy atom. The predicted octanol–water partition coefficient (Wildman–Crippen LogP) is 2.26. The van der Waals surface area contributed by atoms with E-state index >= 15 is 0 Å². The average Bonchev–Trinajstić information content (AvgIpc) is 3.09. The van der Waals surface area contributed by atoms with E-state index in [1.807, 2.05) is 24.4 Å². The van der Waals surface area contributed by atoms with E-state index in [1.54, 1.807) is 11.3 Å². The number of aryl methyl sites for hydroxylation is 2. The van der Waals surface area contributed by atoms with E-state index in [0.29, 0.717) is 6.54 Å². The van der Waals surface area contributed by atoms with Gasteiger partial charge in [-0.3, -0.25) is 4.90 Å². The topological polar surface area (TPSA) is 52.5 Å². The van der Waals surface area contributed by atoms with E-state index in [4.69, 9.17) is 0 Å². The van der Waals surface area contributed by atoms with Gasteiger partial charge in [0.25, 0.3) is 0 Å². The number of nitrogens with zero attached hydrogens (tertiary/aromatic N) is 4. The van der Waals surface area contributed by atoms with Gasteiger partial charge in [0.15, 0.2) is 0 Å². The van der Waals surface area contributed by atoms with Crippen molar-refractivity contribution >= 4 is 17.2 Å². The molecule has 2 aromatic heterocycles. The molecule has 0 saturated carbocycles. The minimum Gasteiger partial charge on any atom is -0.386 e. The second-order valence-electron chi connectivity index (χ2n) is 5.96. The van der Waals surface area contributed by atoms with Crippen molar-refractivity contribution in [2.24, 2.45) is 0 Å². The Balaban J connectivity index is 1.57. The molecule has 1 fully saturated rings. The Labute approximate surface area is 141 Å². The second-order valence-corrected chi connectivity index (χ2v) is 6.94. The number of aliphatic hydroxyl groups excluding tert-OH is 1. The zero-order valence-electron chi connectivity index (χ0n) is 13.8. The Bertz CT molecular complexity index is 624. The van der Waals surface area contributed by atoms with Crippen LogP contribution in [0.2, 0.25) is 0 Å². The molecular formula is C17H24N4OS. The fourth-order valence-corrected chi connectivity index (χ4v) is 3.61. The molecule has 0 spiro atoms. The Morgan fingerprint density at radius 1 is 1.26 bits per heavy atom. The minimum absolute atomic E-state index is 0.380. The number of rotatable bonds is 5. The molecule has 5 nitrogen and oxygen atoms in total. The summed E-state index contributed by atoms with van der Waals surface area (Å²) in [5.74, 6) is 1.95. The monoisotopic (exact) mass is 332 g/mol. The third-order valence-electron chi connectivity index (χ3n) is 4.20. The lowest BCUT2D eigenvalue weighted by Crippen LogP contribution is -2.47. The van der Waals surface area contributed by atoms with Crippen LogP contribution in [0.25, 0.3) is 0 Å². The number of aliphatic hydroxyl groups is 1. The molecule has 1 N–H and O–H groups in total. The quantitative estimate of drug-likeness (QED) is 0.910. The molecule has 1 saturated heterocycles. The van der Waals surface area contributed by atoms with Gasteiger partial charge in [0, 0.05) is 55.8 Å². The van der Waals surface area contributed by atoms with Crippen molar-refractivity contribution < 1.29 is 5.11 Å². The lowest BCUT2D eigenvalue weighted by atomic mass is 10.2. The van der Waals surface area contributed by atoms with Crippen LogP contribution in [0.1, 0.15) is 29.4 Å². The first-order chi connectivity index (χ1) is 11.2. The first-order valence-corrected chi connectivity index (χ1v) is 9.07. The van der Waals surface area contributed by atoms with Crippen molar-refractivity contribution in [3.05, 3.63) is 40.0 Å². The molecular weight excluding hydrogens is 308 g/mol.